The van der Waals surface area contributed by atoms with Crippen molar-refractivity contribution in [1.29, 1.82) is 0 Å². The molecule has 1 fully saturated rings. The first kappa shape index (κ1) is 11.5. The summed E-state index contributed by atoms with van der Waals surface area (Å²) in [4.78, 5) is 2.22. The van der Waals surface area contributed by atoms with Gasteiger partial charge in [-0.25, -0.2) is 0 Å². The Hall–Kier alpha value is -1.04. The van der Waals surface area contributed by atoms with Crippen LogP contribution in [0.3, 0.4) is 0 Å². The van der Waals surface area contributed by atoms with Gasteiger partial charge in [-0.05, 0) is 24.5 Å². The molecule has 1 aliphatic rings. The van der Waals surface area contributed by atoms with Crippen LogP contribution >= 0.6 is 0 Å². The summed E-state index contributed by atoms with van der Waals surface area (Å²) in [5.74, 6) is 0. The molecule has 86 valence electrons. The van der Waals surface area contributed by atoms with Crippen LogP contribution in [0.5, 0.6) is 0 Å². The van der Waals surface area contributed by atoms with Crippen molar-refractivity contribution in [2.24, 2.45) is 0 Å². The van der Waals surface area contributed by atoms with Crippen LogP contribution in [0.2, 0.25) is 0 Å². The maximum Gasteiger partial charge on any atom is 0.488 e. The number of anilines is 1. The van der Waals surface area contributed by atoms with E-state index in [0.717, 1.165) is 18.8 Å². The zero-order valence-corrected chi connectivity index (χ0v) is 9.34. The molecule has 4 nitrogen and oxygen atoms in total. The Bertz CT molecular complexity index is 359. The summed E-state index contributed by atoms with van der Waals surface area (Å²) in [5, 5.41) is 18.2. The SMILES string of the molecule is C[C@@H]1COCCN1c1cccc(B(O)O)c1. The van der Waals surface area contributed by atoms with E-state index < -0.39 is 7.12 Å². The summed E-state index contributed by atoms with van der Waals surface area (Å²) in [7, 11) is -1.41. The highest BCUT2D eigenvalue weighted by atomic mass is 16.5. The first-order chi connectivity index (χ1) is 7.68. The van der Waals surface area contributed by atoms with Crippen molar-refractivity contribution in [3.63, 3.8) is 0 Å². The fraction of sp³-hybridized carbons (Fsp3) is 0.455. The van der Waals surface area contributed by atoms with Crippen LogP contribution in [0.1, 0.15) is 6.92 Å². The molecular weight excluding hydrogens is 205 g/mol. The molecule has 0 radical (unpaired) electrons. The van der Waals surface area contributed by atoms with Crippen LogP contribution in [0.15, 0.2) is 24.3 Å². The molecule has 1 aliphatic heterocycles. The Morgan fingerprint density at radius 3 is 2.94 bits per heavy atom. The molecule has 2 rings (SSSR count). The third-order valence-electron chi connectivity index (χ3n) is 2.87. The smallest absolute Gasteiger partial charge is 0.423 e. The van der Waals surface area contributed by atoms with Crippen molar-refractivity contribution in [2.45, 2.75) is 13.0 Å². The third-order valence-corrected chi connectivity index (χ3v) is 2.87. The Kier molecular flexibility index (Phi) is 3.48. The van der Waals surface area contributed by atoms with Gasteiger partial charge in [-0.3, -0.25) is 0 Å². The number of rotatable bonds is 2. The van der Waals surface area contributed by atoms with E-state index in [9.17, 15) is 0 Å². The van der Waals surface area contributed by atoms with E-state index in [1.807, 2.05) is 18.2 Å². The van der Waals surface area contributed by atoms with E-state index in [4.69, 9.17) is 14.8 Å². The zero-order valence-electron chi connectivity index (χ0n) is 9.34. The molecule has 1 heterocycles. The minimum Gasteiger partial charge on any atom is -0.423 e. The summed E-state index contributed by atoms with van der Waals surface area (Å²) in [6.07, 6.45) is 0. The summed E-state index contributed by atoms with van der Waals surface area (Å²) >= 11 is 0. The molecule has 0 bridgehead atoms. The van der Waals surface area contributed by atoms with Crippen LogP contribution in [0.4, 0.5) is 5.69 Å². The molecule has 1 aromatic rings. The van der Waals surface area contributed by atoms with Gasteiger partial charge >= 0.3 is 7.12 Å². The van der Waals surface area contributed by atoms with E-state index in [1.165, 1.54) is 0 Å². The van der Waals surface area contributed by atoms with Crippen molar-refractivity contribution in [2.75, 3.05) is 24.7 Å². The van der Waals surface area contributed by atoms with Gasteiger partial charge in [-0.15, -0.1) is 0 Å². The van der Waals surface area contributed by atoms with Gasteiger partial charge in [-0.2, -0.15) is 0 Å². The molecule has 0 amide bonds. The van der Waals surface area contributed by atoms with Crippen molar-refractivity contribution in [3.05, 3.63) is 24.3 Å². The standard InChI is InChI=1S/C11H16BNO3/c1-9-8-16-6-5-13(9)11-4-2-3-10(7-11)12(14)15/h2-4,7,9,14-15H,5-6,8H2,1H3/t9-/m1/s1. The Morgan fingerprint density at radius 2 is 2.25 bits per heavy atom. The maximum absolute atomic E-state index is 9.12. The lowest BCUT2D eigenvalue weighted by Crippen LogP contribution is -2.44. The van der Waals surface area contributed by atoms with Crippen LogP contribution in [-0.4, -0.2) is 43.0 Å². The van der Waals surface area contributed by atoms with Crippen LogP contribution < -0.4 is 10.4 Å². The molecule has 2 N–H and O–H groups in total. The first-order valence-electron chi connectivity index (χ1n) is 5.49. The minimum atomic E-state index is -1.41. The molecule has 0 spiro atoms. The largest absolute Gasteiger partial charge is 0.488 e. The third kappa shape index (κ3) is 2.37. The summed E-state index contributed by atoms with van der Waals surface area (Å²) in [6.45, 7) is 4.37. The van der Waals surface area contributed by atoms with Crippen molar-refractivity contribution in [3.8, 4) is 0 Å². The van der Waals surface area contributed by atoms with Gasteiger partial charge in [-0.1, -0.05) is 12.1 Å². The van der Waals surface area contributed by atoms with Gasteiger partial charge in [0.05, 0.1) is 13.2 Å². The molecule has 0 aliphatic carbocycles. The molecule has 5 heteroatoms. The van der Waals surface area contributed by atoms with E-state index in [1.54, 1.807) is 6.07 Å². The monoisotopic (exact) mass is 221 g/mol. The molecule has 1 saturated heterocycles. The molecule has 0 saturated carbocycles. The van der Waals surface area contributed by atoms with Gasteiger partial charge in [0.1, 0.15) is 0 Å². The second-order valence-corrected chi connectivity index (χ2v) is 4.09. The molecule has 16 heavy (non-hydrogen) atoms. The number of morpholine rings is 1. The van der Waals surface area contributed by atoms with Gasteiger partial charge < -0.3 is 19.7 Å². The normalized spacial score (nSPS) is 20.9. The lowest BCUT2D eigenvalue weighted by atomic mass is 9.80. The summed E-state index contributed by atoms with van der Waals surface area (Å²) < 4.78 is 5.37. The Balaban J connectivity index is 2.21. The highest BCUT2D eigenvalue weighted by Gasteiger charge is 2.20. The number of benzene rings is 1. The van der Waals surface area contributed by atoms with Crippen molar-refractivity contribution < 1.29 is 14.8 Å². The number of nitrogens with zero attached hydrogens (tertiary/aromatic N) is 1. The predicted octanol–water partition coefficient (Wildman–Crippen LogP) is -0.408. The summed E-state index contributed by atoms with van der Waals surface area (Å²) in [6, 6.07) is 7.66. The van der Waals surface area contributed by atoms with E-state index in [0.29, 0.717) is 18.1 Å². The highest BCUT2D eigenvalue weighted by molar-refractivity contribution is 6.58. The second kappa shape index (κ2) is 4.87. The second-order valence-electron chi connectivity index (χ2n) is 4.09. The topological polar surface area (TPSA) is 52.9 Å². The van der Waals surface area contributed by atoms with E-state index >= 15 is 0 Å². The fourth-order valence-electron chi connectivity index (χ4n) is 1.97. The average molecular weight is 221 g/mol. The van der Waals surface area contributed by atoms with E-state index in [-0.39, 0.29) is 0 Å². The number of hydrogen-bond donors (Lipinski definition) is 2. The maximum atomic E-state index is 9.12. The molecule has 1 aromatic carbocycles. The van der Waals surface area contributed by atoms with Crippen molar-refractivity contribution >= 4 is 18.3 Å². The lowest BCUT2D eigenvalue weighted by Gasteiger charge is -2.35. The summed E-state index contributed by atoms with van der Waals surface area (Å²) in [5.41, 5.74) is 1.54. The van der Waals surface area contributed by atoms with Crippen LogP contribution in [-0.2, 0) is 4.74 Å². The van der Waals surface area contributed by atoms with Gasteiger partial charge in [0.25, 0.3) is 0 Å². The van der Waals surface area contributed by atoms with E-state index in [2.05, 4.69) is 11.8 Å². The predicted molar refractivity (Wildman–Crippen MR) is 63.9 cm³/mol. The van der Waals surface area contributed by atoms with Gasteiger partial charge in [0.15, 0.2) is 0 Å². The van der Waals surface area contributed by atoms with Crippen LogP contribution in [0.25, 0.3) is 0 Å². The average Bonchev–Trinajstić information content (AvgIpc) is 2.30. The quantitative estimate of drug-likeness (QED) is 0.666. The molecule has 0 unspecified atom stereocenters. The number of hydrogen-bond acceptors (Lipinski definition) is 4. The lowest BCUT2D eigenvalue weighted by molar-refractivity contribution is 0.0989. The molecular formula is C11H16BNO3. The Labute approximate surface area is 95.6 Å². The highest BCUT2D eigenvalue weighted by Crippen LogP contribution is 2.18. The first-order valence-corrected chi connectivity index (χ1v) is 5.49. The number of ether oxygens (including phenoxy) is 1. The molecule has 0 aromatic heterocycles. The van der Waals surface area contributed by atoms with Gasteiger partial charge in [0, 0.05) is 18.3 Å². The minimum absolute atomic E-state index is 0.319. The van der Waals surface area contributed by atoms with Crippen molar-refractivity contribution in [1.82, 2.24) is 0 Å². The molecule has 1 atom stereocenters. The van der Waals surface area contributed by atoms with Crippen LogP contribution in [0, 0.1) is 0 Å². The Morgan fingerprint density at radius 1 is 1.44 bits per heavy atom. The zero-order chi connectivity index (χ0) is 11.5. The fourth-order valence-corrected chi connectivity index (χ4v) is 1.97. The van der Waals surface area contributed by atoms with Gasteiger partial charge in [0.2, 0.25) is 0 Å².